The van der Waals surface area contributed by atoms with Gasteiger partial charge in [-0.3, -0.25) is 0 Å². The van der Waals surface area contributed by atoms with Crippen LogP contribution in [0.2, 0.25) is 0 Å². The molecule has 2 aromatic heterocycles. The molecular weight excluding hydrogens is 869 g/mol. The van der Waals surface area contributed by atoms with E-state index in [1.165, 1.54) is 0 Å². The van der Waals surface area contributed by atoms with Crippen molar-refractivity contribution in [2.75, 3.05) is 0 Å². The first-order chi connectivity index (χ1) is 30.1. The summed E-state index contributed by atoms with van der Waals surface area (Å²) in [5.41, 5.74) is -10.1. The van der Waals surface area contributed by atoms with E-state index in [1.807, 2.05) is 0 Å². The topological polar surface area (TPSA) is 147 Å². The third kappa shape index (κ3) is 8.08. The Morgan fingerprint density at radius 3 is 0.625 bits per heavy atom. The lowest BCUT2D eigenvalue weighted by molar-refractivity contribution is -0.138. The maximum absolute atomic E-state index is 13.6. The Labute approximate surface area is 350 Å². The zero-order valence-corrected chi connectivity index (χ0v) is 31.4. The van der Waals surface area contributed by atoms with Crippen molar-refractivity contribution in [1.29, 1.82) is 21.0 Å². The molecule has 0 bridgehead atoms. The summed E-state index contributed by atoms with van der Waals surface area (Å²) in [5.74, 6) is 0. The monoisotopic (exact) mass is 884 g/mol. The highest BCUT2D eigenvalue weighted by Crippen LogP contribution is 2.39. The summed E-state index contributed by atoms with van der Waals surface area (Å²) in [6.07, 6.45) is -19.3. The first-order valence-corrected chi connectivity index (χ1v) is 17.7. The smallest absolute Gasteiger partial charge is 0.243 e. The van der Waals surface area contributed by atoms with E-state index in [0.29, 0.717) is 48.5 Å². The molecule has 8 nitrogen and oxygen atoms in total. The van der Waals surface area contributed by atoms with E-state index >= 15 is 0 Å². The van der Waals surface area contributed by atoms with Gasteiger partial charge >= 0.3 is 24.7 Å². The van der Waals surface area contributed by atoms with Gasteiger partial charge in [-0.15, -0.1) is 0 Å². The molecule has 20 heteroatoms. The third-order valence-corrected chi connectivity index (χ3v) is 9.63. The Morgan fingerprint density at radius 2 is 0.484 bits per heavy atom. The number of hydrogen-bond acceptors (Lipinski definition) is 8. The van der Waals surface area contributed by atoms with Crippen LogP contribution in [0, 0.1) is 45.3 Å². The van der Waals surface area contributed by atoms with Gasteiger partial charge in [0.15, 0.2) is 0 Å². The second-order valence-electron chi connectivity index (χ2n) is 13.5. The minimum absolute atomic E-state index is 0.140. The lowest BCUT2D eigenvalue weighted by Gasteiger charge is -2.16. The Hall–Kier alpha value is -8.36. The number of benzene rings is 5. The van der Waals surface area contributed by atoms with E-state index in [0.717, 1.165) is 48.5 Å². The van der Waals surface area contributed by atoms with Crippen LogP contribution in [0.5, 0.6) is 0 Å². The summed E-state index contributed by atoms with van der Waals surface area (Å²) >= 11 is 0. The molecule has 0 saturated carbocycles. The van der Waals surface area contributed by atoms with Crippen LogP contribution in [0.15, 0.2) is 97.1 Å². The third-order valence-electron chi connectivity index (χ3n) is 9.63. The van der Waals surface area contributed by atoms with Gasteiger partial charge in [0.1, 0.15) is 57.5 Å². The average molecular weight is 885 g/mol. The number of alkyl halides is 12. The molecule has 316 valence electrons. The van der Waals surface area contributed by atoms with Crippen LogP contribution in [0.3, 0.4) is 0 Å². The lowest BCUT2D eigenvalue weighted by Crippen LogP contribution is -2.24. The van der Waals surface area contributed by atoms with Crippen molar-refractivity contribution < 1.29 is 52.7 Å². The minimum Gasteiger partial charge on any atom is -0.243 e. The van der Waals surface area contributed by atoms with Gasteiger partial charge in [-0.25, -0.2) is 19.9 Å². The second kappa shape index (κ2) is 15.8. The molecule has 64 heavy (non-hydrogen) atoms. The number of rotatable bonds is 4. The average Bonchev–Trinajstić information content (AvgIpc) is 3.25. The number of halogens is 12. The standard InChI is InChI=1S/C44H16F12N8/c45-41(46,47)27-9-1-21(2-10-27)33-34(22-3-11-28(12-4-22)42(48,49)50)62-38-32(26(19-59)20-60)40-39(31(37(38)61-33)25(17-57)18-58)63-35(23-5-13-29(14-6-23)43(51,52)53)36(64-40)24-7-15-30(16-8-24)44(54,55)56/h1-16H. The Bertz CT molecular complexity index is 2880. The van der Waals surface area contributed by atoms with Crippen molar-refractivity contribution in [3.63, 3.8) is 0 Å². The predicted octanol–water partition coefficient (Wildman–Crippen LogP) is 10.7. The predicted molar refractivity (Wildman–Crippen MR) is 203 cm³/mol. The molecule has 0 unspecified atom stereocenters. The molecule has 5 aromatic carbocycles. The SMILES string of the molecule is N#CC(C#N)=c1c2nc(-c3ccc(C(F)(F)F)cc3)c(-c3ccc(C(F)(F)F)cc3)nc2c(=C(C#N)C#N)c2nc(-c3ccc(C(F)(F)F)cc3)c(-c3ccc(C(F)(F)F)cc3)nc12. The van der Waals surface area contributed by atoms with Crippen molar-refractivity contribution in [2.45, 2.75) is 24.7 Å². The fraction of sp³-hybridized carbons (Fsp3) is 0.0909. The van der Waals surface area contributed by atoms with Crippen LogP contribution in [0.25, 0.3) is 78.2 Å². The largest absolute Gasteiger partial charge is 0.416 e. The van der Waals surface area contributed by atoms with E-state index < -0.39 is 90.6 Å². The van der Waals surface area contributed by atoms with Gasteiger partial charge in [0.25, 0.3) is 0 Å². The highest BCUT2D eigenvalue weighted by atomic mass is 19.4. The molecule has 0 aliphatic heterocycles. The van der Waals surface area contributed by atoms with Crippen LogP contribution in [0.1, 0.15) is 22.3 Å². The van der Waals surface area contributed by atoms with Gasteiger partial charge in [0.2, 0.25) is 0 Å². The van der Waals surface area contributed by atoms with E-state index in [9.17, 15) is 73.7 Å². The van der Waals surface area contributed by atoms with Gasteiger partial charge < -0.3 is 0 Å². The molecule has 0 saturated heterocycles. The van der Waals surface area contributed by atoms with Crippen molar-refractivity contribution >= 4 is 33.2 Å². The number of hydrogen-bond donors (Lipinski definition) is 0. The van der Waals surface area contributed by atoms with Crippen molar-refractivity contribution in [3.8, 4) is 69.3 Å². The molecule has 0 atom stereocenters. The Kier molecular flexibility index (Phi) is 10.8. The molecule has 2 heterocycles. The molecule has 0 radical (unpaired) electrons. The summed E-state index contributed by atoms with van der Waals surface area (Å²) in [7, 11) is 0. The number of nitrogens with zero attached hydrogens (tertiary/aromatic N) is 8. The van der Waals surface area contributed by atoms with Crippen LogP contribution >= 0.6 is 0 Å². The lowest BCUT2D eigenvalue weighted by atomic mass is 9.98. The summed E-state index contributed by atoms with van der Waals surface area (Å²) < 4.78 is 164. The van der Waals surface area contributed by atoms with Gasteiger partial charge in [0.05, 0.1) is 55.5 Å². The Morgan fingerprint density at radius 1 is 0.312 bits per heavy atom. The fourth-order valence-electron chi connectivity index (χ4n) is 6.61. The molecule has 0 amide bonds. The zero-order chi connectivity index (χ0) is 46.5. The molecule has 0 aliphatic rings. The van der Waals surface area contributed by atoms with Gasteiger partial charge in [-0.05, 0) is 48.5 Å². The van der Waals surface area contributed by atoms with Crippen LogP contribution in [-0.4, -0.2) is 19.9 Å². The fourth-order valence-corrected chi connectivity index (χ4v) is 6.61. The summed E-state index contributed by atoms with van der Waals surface area (Å²) in [5, 5.41) is 40.1. The van der Waals surface area contributed by atoms with Gasteiger partial charge in [-0.1, -0.05) is 48.5 Å². The van der Waals surface area contributed by atoms with E-state index in [1.54, 1.807) is 24.3 Å². The van der Waals surface area contributed by atoms with Crippen LogP contribution < -0.4 is 10.4 Å². The summed E-state index contributed by atoms with van der Waals surface area (Å²) in [6.45, 7) is 0. The number of nitriles is 4. The van der Waals surface area contributed by atoms with Crippen molar-refractivity contribution in [2.24, 2.45) is 0 Å². The molecule has 0 aliphatic carbocycles. The first kappa shape index (κ1) is 43.7. The van der Waals surface area contributed by atoms with Crippen molar-refractivity contribution in [3.05, 3.63) is 130 Å². The highest BCUT2D eigenvalue weighted by Gasteiger charge is 2.34. The maximum atomic E-state index is 13.6. The van der Waals surface area contributed by atoms with Crippen LogP contribution in [0.4, 0.5) is 52.7 Å². The van der Waals surface area contributed by atoms with E-state index in [2.05, 4.69) is 19.9 Å². The van der Waals surface area contributed by atoms with Crippen molar-refractivity contribution in [1.82, 2.24) is 19.9 Å². The molecular formula is C44H16F12N8. The van der Waals surface area contributed by atoms with Crippen LogP contribution in [-0.2, 0) is 24.7 Å². The summed E-state index contributed by atoms with van der Waals surface area (Å²) in [6, 6.07) is 19.5. The molecule has 0 fully saturated rings. The molecule has 7 rings (SSSR count). The Balaban J connectivity index is 1.73. The summed E-state index contributed by atoms with van der Waals surface area (Å²) in [4.78, 5) is 18.4. The van der Waals surface area contributed by atoms with E-state index in [-0.39, 0.29) is 45.0 Å². The maximum Gasteiger partial charge on any atom is 0.416 e. The minimum atomic E-state index is -4.82. The zero-order valence-electron chi connectivity index (χ0n) is 31.4. The molecule has 0 N–H and O–H groups in total. The molecule has 0 spiro atoms. The van der Waals surface area contributed by atoms with Gasteiger partial charge in [0, 0.05) is 22.3 Å². The van der Waals surface area contributed by atoms with Gasteiger partial charge in [-0.2, -0.15) is 73.7 Å². The quantitative estimate of drug-likeness (QED) is 0.125. The highest BCUT2D eigenvalue weighted by molar-refractivity contribution is 6.03. The normalized spacial score (nSPS) is 12.0. The number of aromatic nitrogens is 4. The first-order valence-electron chi connectivity index (χ1n) is 17.7. The second-order valence-corrected chi connectivity index (χ2v) is 13.5. The number of fused-ring (bicyclic) bond motifs is 2. The van der Waals surface area contributed by atoms with E-state index in [4.69, 9.17) is 0 Å². The molecule has 7 aromatic rings.